The minimum atomic E-state index is 0. The van der Waals surface area contributed by atoms with Gasteiger partial charge in [-0.15, -0.1) is 0 Å². The van der Waals surface area contributed by atoms with E-state index in [0.717, 1.165) is 12.8 Å². The standard InChI is InChI=1S/C7H14.2C2H5.12CH4.2Y/c1-3-5-7-6-4-2;2*1-2;;;;;;;;;;;;;;/h1-7H2;2*1H2,2H3;12*1H4;;/q-2;2*-1;;;;;;;;;;;;;;. The molecule has 0 rings (SSSR count). The van der Waals surface area contributed by atoms with Crippen LogP contribution in [0.1, 0.15) is 135 Å². The van der Waals surface area contributed by atoms with Gasteiger partial charge in [0, 0.05) is 65.4 Å². The number of unbranched alkanes of at least 4 members (excludes halogenated alkanes) is 4. The fourth-order valence-electron chi connectivity index (χ4n) is 0.530. The van der Waals surface area contributed by atoms with E-state index < -0.39 is 0 Å². The van der Waals surface area contributed by atoms with Crippen molar-refractivity contribution in [2.45, 2.75) is 135 Å². The molecule has 174 valence electrons. The minimum absolute atomic E-state index is 0. The molecule has 0 saturated heterocycles. The van der Waals surface area contributed by atoms with Crippen molar-refractivity contribution in [3.8, 4) is 0 Å². The molecule has 0 heterocycles. The summed E-state index contributed by atoms with van der Waals surface area (Å²) in [5, 5.41) is 0. The zero-order valence-corrected chi connectivity index (χ0v) is 15.2. The molecule has 0 aromatic heterocycles. The third-order valence-electron chi connectivity index (χ3n) is 1.000. The third kappa shape index (κ3) is 399. The molecule has 0 atom stereocenters. The Balaban J connectivity index is -0.00000000224. The van der Waals surface area contributed by atoms with Crippen molar-refractivity contribution in [2.24, 2.45) is 0 Å². The first-order valence-electron chi connectivity index (χ1n) is 4.41. The normalized spacial score (nSPS) is 3.12. The van der Waals surface area contributed by atoms with Crippen LogP contribution in [0.4, 0.5) is 0 Å². The Kier molecular flexibility index (Phi) is 2300. The van der Waals surface area contributed by atoms with E-state index >= 15 is 0 Å². The molecule has 0 aromatic rings. The quantitative estimate of drug-likeness (QED) is 0.252. The molecule has 0 spiro atoms. The maximum Gasteiger partial charge on any atom is 0 e. The molecule has 0 nitrogen and oxygen atoms in total. The average Bonchev–Trinajstić information content (AvgIpc) is 2.13. The predicted octanol–water partition coefficient (Wildman–Crippen LogP) is 11.9. The Hall–Kier alpha value is 2.21. The Labute approximate surface area is 226 Å². The van der Waals surface area contributed by atoms with E-state index in [1.54, 1.807) is 13.8 Å². The van der Waals surface area contributed by atoms with Gasteiger partial charge in [-0.3, -0.25) is 0 Å². The monoisotopic (exact) mass is 526 g/mol. The molecular weight excluding hydrogens is 454 g/mol. The van der Waals surface area contributed by atoms with Crippen LogP contribution >= 0.6 is 0 Å². The Bertz CT molecular complexity index is 29.3. The summed E-state index contributed by atoms with van der Waals surface area (Å²) < 4.78 is 0. The molecule has 0 bridgehead atoms. The summed E-state index contributed by atoms with van der Waals surface area (Å²) in [6.45, 7) is 17.5. The van der Waals surface area contributed by atoms with Gasteiger partial charge >= 0.3 is 0 Å². The van der Waals surface area contributed by atoms with Crippen molar-refractivity contribution in [1.29, 1.82) is 0 Å². The van der Waals surface area contributed by atoms with E-state index in [1.165, 1.54) is 19.3 Å². The van der Waals surface area contributed by atoms with Crippen LogP contribution in [0.25, 0.3) is 0 Å². The number of rotatable bonds is 4. The van der Waals surface area contributed by atoms with Gasteiger partial charge in [0.05, 0.1) is 0 Å². The van der Waals surface area contributed by atoms with Gasteiger partial charge in [-0.25, -0.2) is 0 Å². The van der Waals surface area contributed by atoms with Crippen molar-refractivity contribution >= 4 is 0 Å². The van der Waals surface area contributed by atoms with Gasteiger partial charge in [-0.05, 0) is 0 Å². The number of hydrogen-bond acceptors (Lipinski definition) is 0. The van der Waals surface area contributed by atoms with Crippen LogP contribution in [0, 0.1) is 27.7 Å². The summed E-state index contributed by atoms with van der Waals surface area (Å²) in [6, 6.07) is 0. The van der Waals surface area contributed by atoms with Crippen molar-refractivity contribution in [1.82, 2.24) is 0 Å². The first-order valence-corrected chi connectivity index (χ1v) is 4.41. The van der Waals surface area contributed by atoms with Gasteiger partial charge < -0.3 is 27.7 Å². The molecule has 25 heavy (non-hydrogen) atoms. The molecule has 0 N–H and O–H groups in total. The molecule has 0 fully saturated rings. The summed E-state index contributed by atoms with van der Waals surface area (Å²) in [4.78, 5) is 0. The van der Waals surface area contributed by atoms with Crippen LogP contribution in [-0.2, 0) is 65.4 Å². The zero-order chi connectivity index (χ0) is 9.54. The van der Waals surface area contributed by atoms with Crippen LogP contribution in [0.3, 0.4) is 0 Å². The van der Waals surface area contributed by atoms with Crippen molar-refractivity contribution in [2.75, 3.05) is 0 Å². The topological polar surface area (TPSA) is 0 Å². The van der Waals surface area contributed by atoms with E-state index in [-0.39, 0.29) is 155 Å². The molecular formula is C23H72Y2-4. The smallest absolute Gasteiger partial charge is 0 e. The fourth-order valence-corrected chi connectivity index (χ4v) is 0.530. The molecule has 0 aliphatic heterocycles. The molecule has 0 aromatic carbocycles. The molecule has 2 radical (unpaired) electrons. The van der Waals surface area contributed by atoms with E-state index in [9.17, 15) is 0 Å². The Morgan fingerprint density at radius 1 is 0.360 bits per heavy atom. The summed E-state index contributed by atoms with van der Waals surface area (Å²) in [6.07, 6.45) is 6.03. The second-order valence-corrected chi connectivity index (χ2v) is 1.77. The summed E-state index contributed by atoms with van der Waals surface area (Å²) >= 11 is 0. The van der Waals surface area contributed by atoms with Gasteiger partial charge in [0.1, 0.15) is 0 Å². The van der Waals surface area contributed by atoms with E-state index in [1.807, 2.05) is 0 Å². The van der Waals surface area contributed by atoms with E-state index in [4.69, 9.17) is 0 Å². The van der Waals surface area contributed by atoms with Crippen LogP contribution in [0.15, 0.2) is 0 Å². The van der Waals surface area contributed by atoms with Crippen molar-refractivity contribution in [3.63, 3.8) is 0 Å². The number of hydrogen-bond donors (Lipinski definition) is 0. The molecule has 0 amide bonds. The molecule has 2 heteroatoms. The SMILES string of the molecule is C.C.C.C.C.C.C.C.C.C.C.C.[CH2-]C.[CH2-]C.[CH2-]CCCCC[CH2-].[Y].[Y]. The maximum atomic E-state index is 3.74. The van der Waals surface area contributed by atoms with Crippen molar-refractivity contribution < 1.29 is 65.4 Å². The summed E-state index contributed by atoms with van der Waals surface area (Å²) in [5.74, 6) is 0. The average molecular weight is 527 g/mol. The molecule has 0 saturated carbocycles. The van der Waals surface area contributed by atoms with Crippen LogP contribution < -0.4 is 0 Å². The van der Waals surface area contributed by atoms with Gasteiger partial charge in [-0.2, -0.15) is 26.7 Å². The first-order chi connectivity index (χ1) is 5.41. The fraction of sp³-hybridized carbons (Fsp3) is 0.826. The van der Waals surface area contributed by atoms with Gasteiger partial charge in [-0.1, -0.05) is 108 Å². The van der Waals surface area contributed by atoms with Gasteiger partial charge in [0.2, 0.25) is 0 Å². The largest absolute Gasteiger partial charge is 0.346 e. The molecule has 0 aliphatic rings. The van der Waals surface area contributed by atoms with Crippen molar-refractivity contribution in [3.05, 3.63) is 27.7 Å². The third-order valence-corrected chi connectivity index (χ3v) is 1.000. The van der Waals surface area contributed by atoms with Gasteiger partial charge in [0.25, 0.3) is 0 Å². The first kappa shape index (κ1) is 179. The van der Waals surface area contributed by atoms with Gasteiger partial charge in [0.15, 0.2) is 0 Å². The Morgan fingerprint density at radius 2 is 0.480 bits per heavy atom. The van der Waals surface area contributed by atoms with E-state index in [2.05, 4.69) is 27.7 Å². The Morgan fingerprint density at radius 3 is 0.560 bits per heavy atom. The van der Waals surface area contributed by atoms with Crippen LogP contribution in [0.2, 0.25) is 0 Å². The second kappa shape index (κ2) is 321. The second-order valence-electron chi connectivity index (χ2n) is 1.77. The zero-order valence-electron chi connectivity index (χ0n) is 9.52. The summed E-state index contributed by atoms with van der Waals surface area (Å²) in [7, 11) is 0. The molecule has 0 aliphatic carbocycles. The predicted molar refractivity (Wildman–Crippen MR) is 137 cm³/mol. The summed E-state index contributed by atoms with van der Waals surface area (Å²) in [5.41, 5.74) is 0. The van der Waals surface area contributed by atoms with E-state index in [0.29, 0.717) is 0 Å². The molecule has 0 unspecified atom stereocenters. The van der Waals surface area contributed by atoms with Crippen LogP contribution in [0.5, 0.6) is 0 Å². The minimum Gasteiger partial charge on any atom is -0.346 e. The van der Waals surface area contributed by atoms with Crippen LogP contribution in [-0.4, -0.2) is 0 Å². The maximum absolute atomic E-state index is 3.74.